The van der Waals surface area contributed by atoms with Gasteiger partial charge in [-0.05, 0) is 45.7 Å². The Labute approximate surface area is 235 Å². The molecule has 0 aliphatic heterocycles. The number of amides is 3. The average Bonchev–Trinajstić information content (AvgIpc) is 3.22. The number of rotatable bonds is 9. The van der Waals surface area contributed by atoms with Crippen molar-refractivity contribution < 1.29 is 28.3 Å². The van der Waals surface area contributed by atoms with Crippen LogP contribution >= 0.6 is 11.6 Å². The number of ether oxygens (including phenoxy) is 1. The quantitative estimate of drug-likeness (QED) is 0.376. The molecule has 1 saturated carbocycles. The summed E-state index contributed by atoms with van der Waals surface area (Å²) in [6.45, 7) is 4.70. The van der Waals surface area contributed by atoms with E-state index < -0.39 is 29.3 Å². The molecule has 1 fully saturated rings. The van der Waals surface area contributed by atoms with Crippen molar-refractivity contribution in [3.05, 3.63) is 64.6 Å². The molecule has 1 aromatic heterocycles. The van der Waals surface area contributed by atoms with Crippen LogP contribution in [-0.2, 0) is 27.4 Å². The van der Waals surface area contributed by atoms with Gasteiger partial charge in [-0.1, -0.05) is 41.9 Å². The number of alkyl carbamates (subject to hydrolysis) is 1. The number of hydrogen-bond acceptors (Lipinski definition) is 6. The molecule has 212 valence electrons. The number of nitrogens with zero attached hydrogens (tertiary/aromatic N) is 3. The lowest BCUT2D eigenvalue weighted by atomic mass is 9.85. The first-order chi connectivity index (χ1) is 18.9. The summed E-state index contributed by atoms with van der Waals surface area (Å²) in [5, 5.41) is 10.3. The molecule has 40 heavy (non-hydrogen) atoms. The lowest BCUT2D eigenvalue weighted by Crippen LogP contribution is -2.58. The lowest BCUT2D eigenvalue weighted by molar-refractivity contribution is -0.141. The summed E-state index contributed by atoms with van der Waals surface area (Å²) < 4.78 is 21.0. The Hall–Kier alpha value is -3.99. The van der Waals surface area contributed by atoms with Gasteiger partial charge in [-0.3, -0.25) is 19.1 Å². The summed E-state index contributed by atoms with van der Waals surface area (Å²) in [7, 11) is 0. The maximum absolute atomic E-state index is 14.3. The SMILES string of the molecule is CC(C)(C)OC(=O)NC1CC(N(CC(=O)NCc2cccc(Cl)c2F)C(=O)Cn2nc(C=O)c3ccccc32)C1. The minimum absolute atomic E-state index is 0.0531. The highest BCUT2D eigenvalue weighted by Gasteiger charge is 2.38. The number of fused-ring (bicyclic) bond motifs is 1. The molecule has 1 aliphatic carbocycles. The van der Waals surface area contributed by atoms with E-state index in [4.69, 9.17) is 16.3 Å². The van der Waals surface area contributed by atoms with Gasteiger partial charge < -0.3 is 20.3 Å². The third-order valence-electron chi connectivity index (χ3n) is 6.50. The normalized spacial score (nSPS) is 16.6. The van der Waals surface area contributed by atoms with Crippen LogP contribution in [0.4, 0.5) is 9.18 Å². The molecule has 2 N–H and O–H groups in total. The number of benzene rings is 2. The van der Waals surface area contributed by atoms with Gasteiger partial charge in [-0.2, -0.15) is 5.10 Å². The van der Waals surface area contributed by atoms with Gasteiger partial charge in [0.05, 0.1) is 17.1 Å². The van der Waals surface area contributed by atoms with Gasteiger partial charge in [0.15, 0.2) is 6.29 Å². The van der Waals surface area contributed by atoms with Crippen molar-refractivity contribution in [1.82, 2.24) is 25.3 Å². The van der Waals surface area contributed by atoms with Crippen LogP contribution in [0.5, 0.6) is 0 Å². The number of hydrogen-bond donors (Lipinski definition) is 2. The third kappa shape index (κ3) is 6.95. The molecule has 3 amide bonds. The molecule has 12 heteroatoms. The highest BCUT2D eigenvalue weighted by Crippen LogP contribution is 2.27. The number of para-hydroxylation sites is 1. The standard InChI is InChI=1S/C28H31ClFN5O5/c1-28(2,3)40-27(39)32-18-11-19(12-18)34(14-24(37)31-13-17-7-6-9-21(29)26(17)30)25(38)15-35-23-10-5-4-8-20(23)22(16-36)33-35/h4-10,16,18-19H,11-15H2,1-3H3,(H,31,37)(H,32,39). The maximum Gasteiger partial charge on any atom is 0.407 e. The third-order valence-corrected chi connectivity index (χ3v) is 6.79. The Morgan fingerprint density at radius 1 is 1.18 bits per heavy atom. The molecule has 10 nitrogen and oxygen atoms in total. The Balaban J connectivity index is 1.46. The smallest absolute Gasteiger partial charge is 0.407 e. The van der Waals surface area contributed by atoms with Gasteiger partial charge in [-0.15, -0.1) is 0 Å². The van der Waals surface area contributed by atoms with Crippen molar-refractivity contribution in [2.45, 2.75) is 64.4 Å². The molecule has 1 heterocycles. The van der Waals surface area contributed by atoms with Crippen LogP contribution in [0.2, 0.25) is 5.02 Å². The van der Waals surface area contributed by atoms with Crippen molar-refractivity contribution in [2.24, 2.45) is 0 Å². The first-order valence-corrected chi connectivity index (χ1v) is 13.2. The number of aromatic nitrogens is 2. The molecule has 0 radical (unpaired) electrons. The zero-order valence-corrected chi connectivity index (χ0v) is 23.2. The van der Waals surface area contributed by atoms with Gasteiger partial charge in [-0.25, -0.2) is 9.18 Å². The van der Waals surface area contributed by atoms with Crippen LogP contribution in [0.3, 0.4) is 0 Å². The van der Waals surface area contributed by atoms with E-state index in [0.717, 1.165) is 0 Å². The Morgan fingerprint density at radius 2 is 1.90 bits per heavy atom. The first-order valence-electron chi connectivity index (χ1n) is 12.8. The van der Waals surface area contributed by atoms with E-state index in [1.54, 1.807) is 51.1 Å². The van der Waals surface area contributed by atoms with Crippen molar-refractivity contribution in [2.75, 3.05) is 6.54 Å². The highest BCUT2D eigenvalue weighted by atomic mass is 35.5. The molecular weight excluding hydrogens is 541 g/mol. The Kier molecular flexibility index (Phi) is 8.73. The van der Waals surface area contributed by atoms with E-state index in [9.17, 15) is 23.6 Å². The minimum Gasteiger partial charge on any atom is -0.444 e. The van der Waals surface area contributed by atoms with Gasteiger partial charge in [0.25, 0.3) is 0 Å². The maximum atomic E-state index is 14.3. The molecule has 4 rings (SSSR count). The molecule has 2 aromatic carbocycles. The summed E-state index contributed by atoms with van der Waals surface area (Å²) in [5.41, 5.74) is 0.384. The van der Waals surface area contributed by atoms with Crippen LogP contribution in [-0.4, -0.2) is 63.1 Å². The van der Waals surface area contributed by atoms with Gasteiger partial charge in [0.2, 0.25) is 11.8 Å². The summed E-state index contributed by atoms with van der Waals surface area (Å²) in [6.07, 6.45) is 0.906. The van der Waals surface area contributed by atoms with Crippen molar-refractivity contribution in [3.63, 3.8) is 0 Å². The first kappa shape index (κ1) is 29.0. The molecule has 0 atom stereocenters. The van der Waals surface area contributed by atoms with Crippen LogP contribution < -0.4 is 10.6 Å². The highest BCUT2D eigenvalue weighted by molar-refractivity contribution is 6.30. The molecule has 0 spiro atoms. The van der Waals surface area contributed by atoms with Crippen LogP contribution in [0.1, 0.15) is 49.7 Å². The molecule has 0 unspecified atom stereocenters. The summed E-state index contributed by atoms with van der Waals surface area (Å²) in [6, 6.07) is 11.0. The van der Waals surface area contributed by atoms with Gasteiger partial charge in [0, 0.05) is 29.6 Å². The average molecular weight is 572 g/mol. The number of aldehydes is 1. The number of carbonyl (C=O) groups excluding carboxylic acids is 4. The molecule has 0 bridgehead atoms. The Morgan fingerprint density at radius 3 is 2.60 bits per heavy atom. The van der Waals surface area contributed by atoms with E-state index in [0.29, 0.717) is 30.0 Å². The minimum atomic E-state index is -0.650. The van der Waals surface area contributed by atoms with Gasteiger partial charge >= 0.3 is 6.09 Å². The number of carbonyl (C=O) groups is 4. The molecular formula is C28H31ClFN5O5. The van der Waals surface area contributed by atoms with Crippen LogP contribution in [0.25, 0.3) is 10.9 Å². The van der Waals surface area contributed by atoms with E-state index in [1.165, 1.54) is 21.7 Å². The fourth-order valence-corrected chi connectivity index (χ4v) is 4.72. The second-order valence-corrected chi connectivity index (χ2v) is 11.1. The van der Waals surface area contributed by atoms with Crippen LogP contribution in [0.15, 0.2) is 42.5 Å². The monoisotopic (exact) mass is 571 g/mol. The predicted octanol–water partition coefficient (Wildman–Crippen LogP) is 3.84. The molecule has 3 aromatic rings. The second-order valence-electron chi connectivity index (χ2n) is 10.7. The summed E-state index contributed by atoms with van der Waals surface area (Å²) in [5.74, 6) is -1.50. The number of nitrogens with one attached hydrogen (secondary N) is 2. The largest absolute Gasteiger partial charge is 0.444 e. The predicted molar refractivity (Wildman–Crippen MR) is 146 cm³/mol. The fourth-order valence-electron chi connectivity index (χ4n) is 4.52. The van der Waals surface area contributed by atoms with Gasteiger partial charge in [0.1, 0.15) is 23.7 Å². The van der Waals surface area contributed by atoms with E-state index in [1.807, 2.05) is 0 Å². The second kappa shape index (κ2) is 12.0. The fraction of sp³-hybridized carbons (Fsp3) is 0.393. The van der Waals surface area contributed by atoms with E-state index in [2.05, 4.69) is 15.7 Å². The zero-order chi connectivity index (χ0) is 29.0. The van der Waals surface area contributed by atoms with E-state index >= 15 is 0 Å². The number of halogens is 2. The van der Waals surface area contributed by atoms with Crippen molar-refractivity contribution in [1.29, 1.82) is 0 Å². The molecule has 0 saturated heterocycles. The Bertz CT molecular complexity index is 1430. The lowest BCUT2D eigenvalue weighted by Gasteiger charge is -2.42. The van der Waals surface area contributed by atoms with Crippen molar-refractivity contribution in [3.8, 4) is 0 Å². The molecule has 1 aliphatic rings. The topological polar surface area (TPSA) is 123 Å². The van der Waals surface area contributed by atoms with E-state index in [-0.39, 0.29) is 48.0 Å². The van der Waals surface area contributed by atoms with Crippen LogP contribution in [0, 0.1) is 5.82 Å². The summed E-state index contributed by atoms with van der Waals surface area (Å²) >= 11 is 5.83. The zero-order valence-electron chi connectivity index (χ0n) is 22.4. The summed E-state index contributed by atoms with van der Waals surface area (Å²) in [4.78, 5) is 51.5. The van der Waals surface area contributed by atoms with Crippen molar-refractivity contribution >= 4 is 46.7 Å².